The lowest BCUT2D eigenvalue weighted by atomic mass is 10.3. The van der Waals surface area contributed by atoms with Gasteiger partial charge in [-0.15, -0.1) is 0 Å². The molecule has 0 saturated heterocycles. The van der Waals surface area contributed by atoms with E-state index in [1.165, 1.54) is 24.3 Å². The normalized spacial score (nSPS) is 9.57. The largest absolute Gasteiger partial charge is 0.337 e. The Morgan fingerprint density at radius 1 is 1.36 bits per heavy atom. The molecule has 0 bridgehead atoms. The second-order valence-corrected chi connectivity index (χ2v) is 2.68. The third-order valence-electron chi connectivity index (χ3n) is 1.53. The predicted octanol–water partition coefficient (Wildman–Crippen LogP) is 0.906. The zero-order valence-electron chi connectivity index (χ0n) is 7.59. The lowest BCUT2D eigenvalue weighted by Gasteiger charge is -2.05. The minimum absolute atomic E-state index is 0.335. The van der Waals surface area contributed by atoms with Crippen molar-refractivity contribution in [2.75, 3.05) is 18.4 Å². The van der Waals surface area contributed by atoms with Crippen molar-refractivity contribution in [3.8, 4) is 0 Å². The van der Waals surface area contributed by atoms with Gasteiger partial charge in [-0.1, -0.05) is 0 Å². The molecule has 0 saturated carbocycles. The molecule has 4 N–H and O–H groups in total. The first-order valence-corrected chi connectivity index (χ1v) is 4.23. The van der Waals surface area contributed by atoms with E-state index in [9.17, 15) is 9.18 Å². The lowest BCUT2D eigenvalue weighted by Crippen LogP contribution is -2.32. The Hall–Kier alpha value is -1.62. The van der Waals surface area contributed by atoms with Gasteiger partial charge in [0, 0.05) is 18.8 Å². The summed E-state index contributed by atoms with van der Waals surface area (Å²) in [7, 11) is 0. The molecular weight excluding hydrogens is 185 g/mol. The van der Waals surface area contributed by atoms with E-state index in [1.54, 1.807) is 0 Å². The van der Waals surface area contributed by atoms with Crippen LogP contribution in [0.3, 0.4) is 0 Å². The molecule has 14 heavy (non-hydrogen) atoms. The first-order valence-electron chi connectivity index (χ1n) is 4.23. The summed E-state index contributed by atoms with van der Waals surface area (Å²) >= 11 is 0. The second-order valence-electron chi connectivity index (χ2n) is 2.68. The van der Waals surface area contributed by atoms with Crippen molar-refractivity contribution in [3.05, 3.63) is 30.1 Å². The maximum Gasteiger partial charge on any atom is 0.319 e. The third-order valence-corrected chi connectivity index (χ3v) is 1.53. The molecular formula is C9H12FN3O. The Labute approximate surface area is 81.3 Å². The van der Waals surface area contributed by atoms with Crippen molar-refractivity contribution in [2.24, 2.45) is 5.73 Å². The molecule has 0 aliphatic carbocycles. The van der Waals surface area contributed by atoms with Crippen molar-refractivity contribution in [2.45, 2.75) is 0 Å². The number of amides is 2. The fourth-order valence-electron chi connectivity index (χ4n) is 0.894. The fourth-order valence-corrected chi connectivity index (χ4v) is 0.894. The highest BCUT2D eigenvalue weighted by Crippen LogP contribution is 2.07. The van der Waals surface area contributed by atoms with E-state index in [0.717, 1.165) is 0 Å². The van der Waals surface area contributed by atoms with Crippen molar-refractivity contribution >= 4 is 11.7 Å². The molecule has 0 radical (unpaired) electrons. The summed E-state index contributed by atoms with van der Waals surface area (Å²) in [6.45, 7) is 0.796. The molecule has 0 unspecified atom stereocenters. The molecule has 4 nitrogen and oxygen atoms in total. The number of hydrogen-bond acceptors (Lipinski definition) is 2. The van der Waals surface area contributed by atoms with E-state index < -0.39 is 0 Å². The summed E-state index contributed by atoms with van der Waals surface area (Å²) in [5, 5.41) is 5.06. The predicted molar refractivity (Wildman–Crippen MR) is 52.5 cm³/mol. The number of halogens is 1. The average molecular weight is 197 g/mol. The Bertz CT molecular complexity index is 299. The van der Waals surface area contributed by atoms with Crippen LogP contribution in [-0.2, 0) is 0 Å². The highest BCUT2D eigenvalue weighted by molar-refractivity contribution is 5.89. The average Bonchev–Trinajstić information content (AvgIpc) is 2.18. The van der Waals surface area contributed by atoms with Crippen molar-refractivity contribution in [1.82, 2.24) is 5.32 Å². The van der Waals surface area contributed by atoms with Gasteiger partial charge in [0.2, 0.25) is 0 Å². The quantitative estimate of drug-likeness (QED) is 0.674. The van der Waals surface area contributed by atoms with E-state index in [-0.39, 0.29) is 11.8 Å². The number of anilines is 1. The maximum absolute atomic E-state index is 12.5. The topological polar surface area (TPSA) is 67.1 Å². The third kappa shape index (κ3) is 3.40. The van der Waals surface area contributed by atoms with Gasteiger partial charge in [0.25, 0.3) is 0 Å². The lowest BCUT2D eigenvalue weighted by molar-refractivity contribution is 0.252. The second kappa shape index (κ2) is 5.18. The molecule has 0 spiro atoms. The summed E-state index contributed by atoms with van der Waals surface area (Å²) in [6.07, 6.45) is 0. The van der Waals surface area contributed by atoms with Gasteiger partial charge < -0.3 is 16.4 Å². The molecule has 1 rings (SSSR count). The number of carbonyl (C=O) groups is 1. The van der Waals surface area contributed by atoms with Crippen molar-refractivity contribution < 1.29 is 9.18 Å². The van der Waals surface area contributed by atoms with Gasteiger partial charge in [0.15, 0.2) is 0 Å². The van der Waals surface area contributed by atoms with Crippen LogP contribution in [0.15, 0.2) is 24.3 Å². The highest BCUT2D eigenvalue weighted by Gasteiger charge is 1.99. The molecule has 76 valence electrons. The molecule has 1 aromatic carbocycles. The molecule has 0 aromatic heterocycles. The minimum atomic E-state index is -0.345. The van der Waals surface area contributed by atoms with Gasteiger partial charge in [-0.25, -0.2) is 9.18 Å². The molecule has 0 atom stereocenters. The molecule has 0 aliphatic rings. The summed E-state index contributed by atoms with van der Waals surface area (Å²) in [6, 6.07) is 5.17. The van der Waals surface area contributed by atoms with E-state index in [0.29, 0.717) is 18.8 Å². The van der Waals surface area contributed by atoms with E-state index >= 15 is 0 Å². The number of benzene rings is 1. The van der Waals surface area contributed by atoms with Gasteiger partial charge >= 0.3 is 6.03 Å². The van der Waals surface area contributed by atoms with Crippen LogP contribution >= 0.6 is 0 Å². The summed E-state index contributed by atoms with van der Waals surface area (Å²) in [5.74, 6) is -0.335. The summed E-state index contributed by atoms with van der Waals surface area (Å²) < 4.78 is 12.5. The maximum atomic E-state index is 12.5. The first kappa shape index (κ1) is 10.5. The number of urea groups is 1. The molecule has 0 heterocycles. The number of carbonyl (C=O) groups excluding carboxylic acids is 1. The molecule has 0 aliphatic heterocycles. The van der Waals surface area contributed by atoms with E-state index in [2.05, 4.69) is 10.6 Å². The fraction of sp³-hybridized carbons (Fsp3) is 0.222. The highest BCUT2D eigenvalue weighted by atomic mass is 19.1. The van der Waals surface area contributed by atoms with Crippen LogP contribution in [0.25, 0.3) is 0 Å². The molecule has 1 aromatic rings. The van der Waals surface area contributed by atoms with Gasteiger partial charge in [-0.2, -0.15) is 0 Å². The Kier molecular flexibility index (Phi) is 3.87. The van der Waals surface area contributed by atoms with Crippen LogP contribution in [0.4, 0.5) is 14.9 Å². The van der Waals surface area contributed by atoms with Gasteiger partial charge in [-0.05, 0) is 24.3 Å². The van der Waals surface area contributed by atoms with E-state index in [4.69, 9.17) is 5.73 Å². The van der Waals surface area contributed by atoms with Gasteiger partial charge in [0.05, 0.1) is 0 Å². The van der Waals surface area contributed by atoms with Crippen LogP contribution in [0.1, 0.15) is 0 Å². The molecule has 2 amide bonds. The van der Waals surface area contributed by atoms with Crippen molar-refractivity contribution in [3.63, 3.8) is 0 Å². The van der Waals surface area contributed by atoms with Gasteiger partial charge in [-0.3, -0.25) is 0 Å². The standard InChI is InChI=1S/C9H12FN3O/c10-7-1-3-8(4-2-7)13-9(14)12-6-5-11/h1-4H,5-6,11H2,(H2,12,13,14). The number of nitrogens with one attached hydrogen (secondary N) is 2. The smallest absolute Gasteiger partial charge is 0.319 e. The Morgan fingerprint density at radius 2 is 2.00 bits per heavy atom. The monoisotopic (exact) mass is 197 g/mol. The van der Waals surface area contributed by atoms with Crippen LogP contribution in [0.2, 0.25) is 0 Å². The zero-order chi connectivity index (χ0) is 10.4. The van der Waals surface area contributed by atoms with Crippen LogP contribution in [0, 0.1) is 5.82 Å². The van der Waals surface area contributed by atoms with Crippen molar-refractivity contribution in [1.29, 1.82) is 0 Å². The number of hydrogen-bond donors (Lipinski definition) is 3. The Morgan fingerprint density at radius 3 is 2.57 bits per heavy atom. The SMILES string of the molecule is NCCNC(=O)Nc1ccc(F)cc1. The van der Waals surface area contributed by atoms with Gasteiger partial charge in [0.1, 0.15) is 5.82 Å². The zero-order valence-corrected chi connectivity index (χ0v) is 7.59. The number of nitrogens with two attached hydrogens (primary N) is 1. The first-order chi connectivity index (χ1) is 6.72. The molecule has 5 heteroatoms. The summed E-state index contributed by atoms with van der Waals surface area (Å²) in [4.78, 5) is 11.1. The van der Waals surface area contributed by atoms with Crippen LogP contribution in [0.5, 0.6) is 0 Å². The molecule has 0 fully saturated rings. The minimum Gasteiger partial charge on any atom is -0.337 e. The summed E-state index contributed by atoms with van der Waals surface area (Å²) in [5.41, 5.74) is 5.74. The van der Waals surface area contributed by atoms with Crippen LogP contribution in [-0.4, -0.2) is 19.1 Å². The van der Waals surface area contributed by atoms with E-state index in [1.807, 2.05) is 0 Å². The number of rotatable bonds is 3. The Balaban J connectivity index is 2.44. The van der Waals surface area contributed by atoms with Crippen LogP contribution < -0.4 is 16.4 Å².